The van der Waals surface area contributed by atoms with Crippen LogP contribution in [-0.2, 0) is 11.2 Å². The van der Waals surface area contributed by atoms with Crippen molar-refractivity contribution >= 4 is 17.9 Å². The summed E-state index contributed by atoms with van der Waals surface area (Å²) in [5.74, 6) is 0. The predicted octanol–water partition coefficient (Wildman–Crippen LogP) is 0.743. The normalized spacial score (nSPS) is 9.00. The third-order valence-electron chi connectivity index (χ3n) is 1.18. The summed E-state index contributed by atoms with van der Waals surface area (Å²) in [5, 5.41) is 8.55. The van der Waals surface area contributed by atoms with Crippen LogP contribution in [0.15, 0.2) is 6.20 Å². The minimum absolute atomic E-state index is 0.0519. The van der Waals surface area contributed by atoms with Crippen LogP contribution in [0.1, 0.15) is 11.4 Å². The molecule has 0 spiro atoms. The van der Waals surface area contributed by atoms with Crippen LogP contribution >= 0.6 is 11.6 Å². The summed E-state index contributed by atoms with van der Waals surface area (Å²) in [5.41, 5.74) is 0.502. The summed E-state index contributed by atoms with van der Waals surface area (Å²) >= 11 is 5.51. The monoisotopic (exact) mass is 181 g/mol. The Morgan fingerprint density at radius 1 is 1.75 bits per heavy atom. The predicted molar refractivity (Wildman–Crippen MR) is 41.5 cm³/mol. The van der Waals surface area contributed by atoms with Gasteiger partial charge in [0.2, 0.25) is 0 Å². The van der Waals surface area contributed by atoms with Gasteiger partial charge in [0.25, 0.3) is 0 Å². The lowest BCUT2D eigenvalue weighted by atomic mass is 10.3. The first-order valence-electron chi connectivity index (χ1n) is 3.13. The van der Waals surface area contributed by atoms with E-state index < -0.39 is 0 Å². The number of rotatable bonds is 2. The molecule has 0 saturated heterocycles. The number of hydrogen-bond acceptors (Lipinski definition) is 4. The first kappa shape index (κ1) is 8.62. The molecule has 1 rings (SSSR count). The third-order valence-corrected chi connectivity index (χ3v) is 1.45. The zero-order valence-corrected chi connectivity index (χ0v) is 6.75. The Hall–Kier alpha value is -1.47. The molecule has 0 saturated carbocycles. The second-order valence-corrected chi connectivity index (χ2v) is 2.34. The maximum atomic E-state index is 10.1. The maximum Gasteiger partial charge on any atom is 0.178 e. The molecule has 0 bridgehead atoms. The van der Waals surface area contributed by atoms with E-state index >= 15 is 0 Å². The van der Waals surface area contributed by atoms with E-state index in [1.54, 1.807) is 6.07 Å². The van der Waals surface area contributed by atoms with Crippen molar-refractivity contribution in [1.82, 2.24) is 9.97 Å². The highest BCUT2D eigenvalue weighted by Gasteiger charge is 2.03. The van der Waals surface area contributed by atoms with Crippen LogP contribution < -0.4 is 0 Å². The van der Waals surface area contributed by atoms with Gasteiger partial charge >= 0.3 is 0 Å². The number of aldehydes is 1. The van der Waals surface area contributed by atoms with Crippen LogP contribution in [0.4, 0.5) is 0 Å². The van der Waals surface area contributed by atoms with Crippen LogP contribution in [0.2, 0.25) is 5.15 Å². The summed E-state index contributed by atoms with van der Waals surface area (Å²) in [7, 11) is 0. The Kier molecular flexibility index (Phi) is 2.72. The molecule has 0 aliphatic rings. The second kappa shape index (κ2) is 3.79. The standard InChI is InChI=1S/C7H4ClN3O/c8-7-6(3-9)11-5(1-2-12)4-10-7/h2,4H,1H2. The van der Waals surface area contributed by atoms with Crippen LogP contribution in [0.5, 0.6) is 0 Å². The minimum Gasteiger partial charge on any atom is -0.303 e. The van der Waals surface area contributed by atoms with E-state index in [9.17, 15) is 4.79 Å². The lowest BCUT2D eigenvalue weighted by Crippen LogP contribution is -1.96. The largest absolute Gasteiger partial charge is 0.303 e. The van der Waals surface area contributed by atoms with Crippen molar-refractivity contribution in [2.24, 2.45) is 0 Å². The molecule has 60 valence electrons. The van der Waals surface area contributed by atoms with E-state index in [0.717, 1.165) is 0 Å². The molecule has 4 nitrogen and oxygen atoms in total. The van der Waals surface area contributed by atoms with E-state index in [0.29, 0.717) is 12.0 Å². The zero-order chi connectivity index (χ0) is 8.97. The molecule has 0 unspecified atom stereocenters. The molecule has 12 heavy (non-hydrogen) atoms. The van der Waals surface area contributed by atoms with Crippen LogP contribution in [0, 0.1) is 11.3 Å². The number of nitrogens with zero attached hydrogens (tertiary/aromatic N) is 3. The van der Waals surface area contributed by atoms with E-state index in [1.807, 2.05) is 0 Å². The average molecular weight is 182 g/mol. The van der Waals surface area contributed by atoms with Crippen molar-refractivity contribution in [2.45, 2.75) is 6.42 Å². The fourth-order valence-corrected chi connectivity index (χ4v) is 0.799. The van der Waals surface area contributed by atoms with Gasteiger partial charge < -0.3 is 4.79 Å². The molecule has 1 heterocycles. The van der Waals surface area contributed by atoms with Crippen LogP contribution in [0.3, 0.4) is 0 Å². The topological polar surface area (TPSA) is 66.6 Å². The molecule has 0 radical (unpaired) electrons. The summed E-state index contributed by atoms with van der Waals surface area (Å²) in [6.07, 6.45) is 2.22. The summed E-state index contributed by atoms with van der Waals surface area (Å²) in [6.45, 7) is 0. The van der Waals surface area contributed by atoms with Gasteiger partial charge in [0.05, 0.1) is 11.9 Å². The van der Waals surface area contributed by atoms with Crippen molar-refractivity contribution < 1.29 is 4.79 Å². The molecular weight excluding hydrogens is 178 g/mol. The maximum absolute atomic E-state index is 10.1. The highest BCUT2D eigenvalue weighted by molar-refractivity contribution is 6.30. The quantitative estimate of drug-likeness (QED) is 0.632. The van der Waals surface area contributed by atoms with Gasteiger partial charge in [-0.15, -0.1) is 0 Å². The van der Waals surface area contributed by atoms with Gasteiger partial charge in [0, 0.05) is 6.42 Å². The molecule has 0 amide bonds. The number of hydrogen-bond donors (Lipinski definition) is 0. The Morgan fingerprint density at radius 3 is 3.08 bits per heavy atom. The summed E-state index contributed by atoms with van der Waals surface area (Å²) in [6, 6.07) is 1.77. The van der Waals surface area contributed by atoms with E-state index in [-0.39, 0.29) is 17.3 Å². The number of aromatic nitrogens is 2. The summed E-state index contributed by atoms with van der Waals surface area (Å²) < 4.78 is 0. The van der Waals surface area contributed by atoms with E-state index in [4.69, 9.17) is 16.9 Å². The van der Waals surface area contributed by atoms with Crippen molar-refractivity contribution in [3.63, 3.8) is 0 Å². The minimum atomic E-state index is 0.0519. The number of nitriles is 1. The first-order valence-corrected chi connectivity index (χ1v) is 3.51. The van der Waals surface area contributed by atoms with E-state index in [2.05, 4.69) is 9.97 Å². The van der Waals surface area contributed by atoms with Crippen molar-refractivity contribution in [3.8, 4) is 6.07 Å². The van der Waals surface area contributed by atoms with Gasteiger partial charge in [-0.1, -0.05) is 11.6 Å². The van der Waals surface area contributed by atoms with Gasteiger partial charge in [-0.25, -0.2) is 9.97 Å². The SMILES string of the molecule is N#Cc1nc(CC=O)cnc1Cl. The van der Waals surface area contributed by atoms with Gasteiger partial charge in [0.1, 0.15) is 12.4 Å². The molecular formula is C7H4ClN3O. The highest BCUT2D eigenvalue weighted by Crippen LogP contribution is 2.08. The molecule has 0 aliphatic carbocycles. The first-order chi connectivity index (χ1) is 5.77. The second-order valence-electron chi connectivity index (χ2n) is 1.98. The Labute approximate surface area is 73.8 Å². The van der Waals surface area contributed by atoms with Crippen molar-refractivity contribution in [1.29, 1.82) is 5.26 Å². The Bertz CT molecular complexity index is 345. The van der Waals surface area contributed by atoms with E-state index in [1.165, 1.54) is 6.20 Å². The van der Waals surface area contributed by atoms with Gasteiger partial charge in [-0.2, -0.15) is 5.26 Å². The lowest BCUT2D eigenvalue weighted by molar-refractivity contribution is -0.107. The lowest BCUT2D eigenvalue weighted by Gasteiger charge is -1.95. The van der Waals surface area contributed by atoms with Crippen molar-refractivity contribution in [3.05, 3.63) is 22.7 Å². The van der Waals surface area contributed by atoms with Gasteiger partial charge in [0.15, 0.2) is 10.8 Å². The smallest absolute Gasteiger partial charge is 0.178 e. The molecule has 0 atom stereocenters. The molecule has 0 fully saturated rings. The fourth-order valence-electron chi connectivity index (χ4n) is 0.666. The molecule has 0 aliphatic heterocycles. The van der Waals surface area contributed by atoms with Gasteiger partial charge in [-0.3, -0.25) is 0 Å². The third kappa shape index (κ3) is 1.77. The zero-order valence-electron chi connectivity index (χ0n) is 5.99. The van der Waals surface area contributed by atoms with Crippen molar-refractivity contribution in [2.75, 3.05) is 0 Å². The Morgan fingerprint density at radius 2 is 2.50 bits per heavy atom. The molecule has 1 aromatic rings. The van der Waals surface area contributed by atoms with Gasteiger partial charge in [-0.05, 0) is 0 Å². The highest BCUT2D eigenvalue weighted by atomic mass is 35.5. The number of halogens is 1. The van der Waals surface area contributed by atoms with Crippen LogP contribution in [0.25, 0.3) is 0 Å². The average Bonchev–Trinajstić information content (AvgIpc) is 2.09. The molecule has 0 N–H and O–H groups in total. The fraction of sp³-hybridized carbons (Fsp3) is 0.143. The molecule has 5 heteroatoms. The molecule has 0 aromatic carbocycles. The summed E-state index contributed by atoms with van der Waals surface area (Å²) in [4.78, 5) is 17.6. The number of carbonyl (C=O) groups is 1. The number of carbonyl (C=O) groups excluding carboxylic acids is 1. The molecule has 1 aromatic heterocycles. The Balaban J connectivity index is 3.07. The van der Waals surface area contributed by atoms with Crippen LogP contribution in [-0.4, -0.2) is 16.3 Å².